The highest BCUT2D eigenvalue weighted by Gasteiger charge is 2.22. The molecule has 1 heterocycles. The number of nitrogens with zero attached hydrogens (tertiary/aromatic N) is 1. The zero-order chi connectivity index (χ0) is 12.3. The summed E-state index contributed by atoms with van der Waals surface area (Å²) in [6.45, 7) is 3.59. The fourth-order valence-electron chi connectivity index (χ4n) is 1.72. The van der Waals surface area contributed by atoms with Crippen molar-refractivity contribution in [1.29, 1.82) is 0 Å². The van der Waals surface area contributed by atoms with Crippen LogP contribution in [0.1, 0.15) is 6.92 Å². The summed E-state index contributed by atoms with van der Waals surface area (Å²) in [4.78, 5) is 2.84. The van der Waals surface area contributed by atoms with Gasteiger partial charge in [-0.15, -0.1) is 4.83 Å². The van der Waals surface area contributed by atoms with E-state index in [0.29, 0.717) is 19.7 Å². The lowest BCUT2D eigenvalue weighted by molar-refractivity contribution is -0.0266. The van der Waals surface area contributed by atoms with E-state index in [1.54, 1.807) is 35.3 Å². The molecule has 1 aliphatic rings. The maximum absolute atomic E-state index is 12.0. The summed E-state index contributed by atoms with van der Waals surface area (Å²) in [5, 5.41) is 1.68. The Labute approximate surface area is 101 Å². The molecule has 1 saturated heterocycles. The highest BCUT2D eigenvalue weighted by Crippen LogP contribution is 2.09. The van der Waals surface area contributed by atoms with Crippen molar-refractivity contribution in [1.82, 2.24) is 9.84 Å². The summed E-state index contributed by atoms with van der Waals surface area (Å²) < 4.78 is 29.4. The molecule has 1 aromatic carbocycles. The molecule has 1 aliphatic heterocycles. The largest absolute Gasteiger partial charge is 0.376 e. The SMILES string of the molecule is CC1CN(NS(=O)(=O)c2ccccc2)CCO1. The van der Waals surface area contributed by atoms with Gasteiger partial charge in [0.25, 0.3) is 10.0 Å². The molecule has 2 rings (SSSR count). The second-order valence-electron chi connectivity index (χ2n) is 4.04. The Morgan fingerprint density at radius 1 is 1.35 bits per heavy atom. The topological polar surface area (TPSA) is 58.6 Å². The maximum atomic E-state index is 12.0. The first-order chi connectivity index (χ1) is 8.08. The highest BCUT2D eigenvalue weighted by atomic mass is 32.2. The van der Waals surface area contributed by atoms with Crippen LogP contribution in [0.4, 0.5) is 0 Å². The molecule has 0 aliphatic carbocycles. The Balaban J connectivity index is 2.07. The van der Waals surface area contributed by atoms with Gasteiger partial charge in [0, 0.05) is 13.1 Å². The van der Waals surface area contributed by atoms with E-state index in [9.17, 15) is 8.42 Å². The highest BCUT2D eigenvalue weighted by molar-refractivity contribution is 7.89. The smallest absolute Gasteiger partial charge is 0.253 e. The lowest BCUT2D eigenvalue weighted by atomic mass is 10.3. The molecule has 17 heavy (non-hydrogen) atoms. The predicted octanol–water partition coefficient (Wildman–Crippen LogP) is 0.601. The average molecular weight is 256 g/mol. The average Bonchev–Trinajstić information content (AvgIpc) is 2.29. The van der Waals surface area contributed by atoms with E-state index in [1.165, 1.54) is 0 Å². The quantitative estimate of drug-likeness (QED) is 0.860. The minimum atomic E-state index is -3.46. The number of sulfonamides is 1. The second kappa shape index (κ2) is 5.14. The molecule has 1 N–H and O–H groups in total. The number of benzene rings is 1. The molecule has 1 atom stereocenters. The Morgan fingerprint density at radius 3 is 2.71 bits per heavy atom. The zero-order valence-electron chi connectivity index (χ0n) is 9.67. The van der Waals surface area contributed by atoms with Gasteiger partial charge in [0.1, 0.15) is 0 Å². The molecular formula is C11H16N2O3S. The minimum absolute atomic E-state index is 0.0437. The van der Waals surface area contributed by atoms with Crippen LogP contribution in [-0.2, 0) is 14.8 Å². The molecular weight excluding hydrogens is 240 g/mol. The Hall–Kier alpha value is -0.950. The van der Waals surface area contributed by atoms with Crippen molar-refractivity contribution in [2.24, 2.45) is 0 Å². The summed E-state index contributed by atoms with van der Waals surface area (Å²) in [5.41, 5.74) is 0. The predicted molar refractivity (Wildman–Crippen MR) is 63.8 cm³/mol. The van der Waals surface area contributed by atoms with Crippen LogP contribution in [0.15, 0.2) is 35.2 Å². The molecule has 1 aromatic rings. The molecule has 0 spiro atoms. The van der Waals surface area contributed by atoms with E-state index in [4.69, 9.17) is 4.74 Å². The molecule has 0 bridgehead atoms. The van der Waals surface area contributed by atoms with Crippen LogP contribution in [0.5, 0.6) is 0 Å². The van der Waals surface area contributed by atoms with Crippen LogP contribution >= 0.6 is 0 Å². The van der Waals surface area contributed by atoms with E-state index in [-0.39, 0.29) is 11.0 Å². The monoisotopic (exact) mass is 256 g/mol. The molecule has 0 saturated carbocycles. The van der Waals surface area contributed by atoms with E-state index >= 15 is 0 Å². The van der Waals surface area contributed by atoms with Crippen molar-refractivity contribution in [2.75, 3.05) is 19.7 Å². The zero-order valence-corrected chi connectivity index (χ0v) is 10.5. The third kappa shape index (κ3) is 3.26. The standard InChI is InChI=1S/C11H16N2O3S/c1-10-9-13(7-8-16-10)12-17(14,15)11-5-3-2-4-6-11/h2-6,10,12H,7-9H2,1H3. The van der Waals surface area contributed by atoms with Gasteiger partial charge in [-0.25, -0.2) is 13.4 Å². The van der Waals surface area contributed by atoms with E-state index in [2.05, 4.69) is 4.83 Å². The first-order valence-corrected chi connectivity index (χ1v) is 7.00. The Morgan fingerprint density at radius 2 is 2.06 bits per heavy atom. The van der Waals surface area contributed by atoms with Crippen LogP contribution in [0, 0.1) is 0 Å². The van der Waals surface area contributed by atoms with Crippen molar-refractivity contribution in [3.8, 4) is 0 Å². The molecule has 0 amide bonds. The van der Waals surface area contributed by atoms with E-state index in [0.717, 1.165) is 0 Å². The lowest BCUT2D eigenvalue weighted by Gasteiger charge is -2.30. The molecule has 6 heteroatoms. The number of nitrogens with one attached hydrogen (secondary N) is 1. The van der Waals surface area contributed by atoms with Gasteiger partial charge in [-0.05, 0) is 19.1 Å². The first-order valence-electron chi connectivity index (χ1n) is 5.52. The summed E-state index contributed by atoms with van der Waals surface area (Å²) in [5.74, 6) is 0. The lowest BCUT2D eigenvalue weighted by Crippen LogP contribution is -2.50. The van der Waals surface area contributed by atoms with Gasteiger partial charge in [-0.2, -0.15) is 0 Å². The van der Waals surface area contributed by atoms with Gasteiger partial charge in [0.2, 0.25) is 0 Å². The molecule has 1 unspecified atom stereocenters. The first kappa shape index (κ1) is 12.5. The number of hydrogen-bond acceptors (Lipinski definition) is 4. The van der Waals surface area contributed by atoms with E-state index in [1.807, 2.05) is 6.92 Å². The molecule has 94 valence electrons. The summed E-state index contributed by atoms with van der Waals surface area (Å²) >= 11 is 0. The van der Waals surface area contributed by atoms with Crippen molar-refractivity contribution in [3.63, 3.8) is 0 Å². The van der Waals surface area contributed by atoms with Crippen LogP contribution < -0.4 is 4.83 Å². The Bertz CT molecular complexity index is 461. The molecule has 5 nitrogen and oxygen atoms in total. The minimum Gasteiger partial charge on any atom is -0.376 e. The maximum Gasteiger partial charge on any atom is 0.253 e. The molecule has 0 radical (unpaired) electrons. The van der Waals surface area contributed by atoms with Crippen LogP contribution in [0.2, 0.25) is 0 Å². The van der Waals surface area contributed by atoms with Gasteiger partial charge in [-0.3, -0.25) is 0 Å². The van der Waals surface area contributed by atoms with Crippen molar-refractivity contribution in [2.45, 2.75) is 17.9 Å². The molecule has 1 fully saturated rings. The van der Waals surface area contributed by atoms with Gasteiger partial charge < -0.3 is 4.74 Å². The normalized spacial score (nSPS) is 22.5. The van der Waals surface area contributed by atoms with Crippen molar-refractivity contribution < 1.29 is 13.2 Å². The van der Waals surface area contributed by atoms with Crippen molar-refractivity contribution in [3.05, 3.63) is 30.3 Å². The fourth-order valence-corrected chi connectivity index (χ4v) is 2.85. The third-order valence-corrected chi connectivity index (χ3v) is 3.94. The second-order valence-corrected chi connectivity index (χ2v) is 5.70. The number of ether oxygens (including phenoxy) is 1. The number of hydrogen-bond donors (Lipinski definition) is 1. The van der Waals surface area contributed by atoms with Gasteiger partial charge in [0.15, 0.2) is 0 Å². The van der Waals surface area contributed by atoms with Crippen molar-refractivity contribution >= 4 is 10.0 Å². The van der Waals surface area contributed by atoms with E-state index < -0.39 is 10.0 Å². The van der Waals surface area contributed by atoms with Gasteiger partial charge in [-0.1, -0.05) is 18.2 Å². The molecule has 0 aromatic heterocycles. The number of morpholine rings is 1. The summed E-state index contributed by atoms with van der Waals surface area (Å²) in [7, 11) is -3.46. The summed E-state index contributed by atoms with van der Waals surface area (Å²) in [6.07, 6.45) is 0.0437. The van der Waals surface area contributed by atoms with Crippen LogP contribution in [0.25, 0.3) is 0 Å². The summed E-state index contributed by atoms with van der Waals surface area (Å²) in [6, 6.07) is 8.35. The van der Waals surface area contributed by atoms with Crippen LogP contribution in [-0.4, -0.2) is 39.2 Å². The van der Waals surface area contributed by atoms with Gasteiger partial charge >= 0.3 is 0 Å². The number of hydrazine groups is 1. The number of rotatable bonds is 3. The Kier molecular flexibility index (Phi) is 3.78. The fraction of sp³-hybridized carbons (Fsp3) is 0.455. The third-order valence-electron chi connectivity index (χ3n) is 2.54. The van der Waals surface area contributed by atoms with Gasteiger partial charge in [0.05, 0.1) is 17.6 Å². The van der Waals surface area contributed by atoms with Crippen LogP contribution in [0.3, 0.4) is 0 Å².